The third-order valence-corrected chi connectivity index (χ3v) is 5.52. The third-order valence-electron chi connectivity index (χ3n) is 4.79. The van der Waals surface area contributed by atoms with Crippen molar-refractivity contribution < 1.29 is 22.7 Å². The number of carbonyl (C=O) groups is 1. The molecule has 0 bridgehead atoms. The average Bonchev–Trinajstić information content (AvgIpc) is 3.38. The molecule has 4 nitrogen and oxygen atoms in total. The summed E-state index contributed by atoms with van der Waals surface area (Å²) in [5, 5.41) is 0.966. The van der Waals surface area contributed by atoms with Gasteiger partial charge in [-0.1, -0.05) is 47.7 Å². The van der Waals surface area contributed by atoms with Gasteiger partial charge in [-0.2, -0.15) is 18.2 Å². The molecule has 2 aromatic carbocycles. The average molecular weight is 418 g/mol. The van der Waals surface area contributed by atoms with Crippen LogP contribution in [0.3, 0.4) is 0 Å². The van der Waals surface area contributed by atoms with E-state index in [-0.39, 0.29) is 11.3 Å². The van der Waals surface area contributed by atoms with Crippen molar-refractivity contribution >= 4 is 23.3 Å². The van der Waals surface area contributed by atoms with Crippen LogP contribution in [0.4, 0.5) is 18.9 Å². The molecule has 0 radical (unpaired) electrons. The Morgan fingerprint density at radius 2 is 1.93 bits per heavy atom. The van der Waals surface area contributed by atoms with Crippen LogP contribution < -0.4 is 9.64 Å². The number of aldehydes is 1. The molecule has 1 aliphatic heterocycles. The summed E-state index contributed by atoms with van der Waals surface area (Å²) < 4.78 is 43.7. The van der Waals surface area contributed by atoms with E-state index in [2.05, 4.69) is 4.98 Å². The van der Waals surface area contributed by atoms with Crippen LogP contribution in [-0.4, -0.2) is 30.5 Å². The molecular weight excluding hydrogens is 401 g/mol. The fourth-order valence-electron chi connectivity index (χ4n) is 3.37. The first-order valence-electron chi connectivity index (χ1n) is 9.03. The summed E-state index contributed by atoms with van der Waals surface area (Å²) in [6, 6.07) is 15.5. The summed E-state index contributed by atoms with van der Waals surface area (Å²) in [4.78, 5) is 17.2. The molecular formula is C21H17F3N2O2S. The van der Waals surface area contributed by atoms with E-state index >= 15 is 0 Å². The summed E-state index contributed by atoms with van der Waals surface area (Å²) >= 11 is 0.840. The van der Waals surface area contributed by atoms with Crippen molar-refractivity contribution in [3.63, 3.8) is 0 Å². The van der Waals surface area contributed by atoms with Crippen LogP contribution in [0, 0.1) is 0 Å². The van der Waals surface area contributed by atoms with Gasteiger partial charge in [-0.05, 0) is 23.3 Å². The van der Waals surface area contributed by atoms with E-state index in [0.717, 1.165) is 39.8 Å². The third kappa shape index (κ3) is 4.27. The van der Waals surface area contributed by atoms with Gasteiger partial charge < -0.3 is 9.64 Å². The number of anilines is 1. The molecule has 1 saturated heterocycles. The van der Waals surface area contributed by atoms with Crippen LogP contribution >= 0.6 is 11.3 Å². The first-order chi connectivity index (χ1) is 13.9. The molecule has 8 heteroatoms. The number of benzene rings is 2. The van der Waals surface area contributed by atoms with Crippen LogP contribution in [-0.2, 0) is 6.18 Å². The summed E-state index contributed by atoms with van der Waals surface area (Å²) in [7, 11) is 0. The first-order valence-corrected chi connectivity index (χ1v) is 9.91. The fraction of sp³-hybridized carbons (Fsp3) is 0.238. The molecule has 1 aromatic heterocycles. The fourth-order valence-corrected chi connectivity index (χ4v) is 4.12. The van der Waals surface area contributed by atoms with E-state index < -0.39 is 11.9 Å². The van der Waals surface area contributed by atoms with Crippen molar-refractivity contribution in [3.05, 3.63) is 65.2 Å². The van der Waals surface area contributed by atoms with Crippen LogP contribution in [0.1, 0.15) is 22.5 Å². The second kappa shape index (κ2) is 7.87. The van der Waals surface area contributed by atoms with E-state index in [4.69, 9.17) is 4.74 Å². The maximum Gasteiger partial charge on any atom is 0.434 e. The molecule has 0 amide bonds. The molecule has 1 atom stereocenters. The second-order valence-corrected chi connectivity index (χ2v) is 7.55. The normalized spacial score (nSPS) is 16.8. The lowest BCUT2D eigenvalue weighted by molar-refractivity contribution is -0.140. The highest BCUT2D eigenvalue weighted by atomic mass is 32.1. The standard InChI is InChI=1S/C21H17F3N2O2S/c22-21(23,24)19-13-29-20(25-19)28-17-8-9-26(11-17)18-7-6-15(10-16(18)12-27)14-4-2-1-3-5-14/h1-7,10,12-13,17H,8-9,11H2. The quantitative estimate of drug-likeness (QED) is 0.528. The Hall–Kier alpha value is -2.87. The Morgan fingerprint density at radius 1 is 1.14 bits per heavy atom. The van der Waals surface area contributed by atoms with Gasteiger partial charge in [-0.15, -0.1) is 0 Å². The van der Waals surface area contributed by atoms with Gasteiger partial charge in [0.15, 0.2) is 12.0 Å². The topological polar surface area (TPSA) is 42.4 Å². The van der Waals surface area contributed by atoms with Crippen molar-refractivity contribution in [1.82, 2.24) is 4.98 Å². The first kappa shape index (κ1) is 19.4. The summed E-state index contributed by atoms with van der Waals surface area (Å²) in [5.41, 5.74) is 2.40. The molecule has 150 valence electrons. The van der Waals surface area contributed by atoms with Gasteiger partial charge in [0.05, 0.1) is 6.54 Å². The van der Waals surface area contributed by atoms with Crippen LogP contribution in [0.5, 0.6) is 5.19 Å². The predicted octanol–water partition coefficient (Wildman–Crippen LogP) is 5.30. The smallest absolute Gasteiger partial charge is 0.434 e. The molecule has 2 heterocycles. The summed E-state index contributed by atoms with van der Waals surface area (Å²) in [6.45, 7) is 1.13. The van der Waals surface area contributed by atoms with Crippen LogP contribution in [0.15, 0.2) is 53.9 Å². The van der Waals surface area contributed by atoms with Crippen molar-refractivity contribution in [3.8, 4) is 16.3 Å². The zero-order valence-corrected chi connectivity index (χ0v) is 16.0. The number of rotatable bonds is 5. The van der Waals surface area contributed by atoms with Gasteiger partial charge in [0.25, 0.3) is 5.19 Å². The number of hydrogen-bond donors (Lipinski definition) is 0. The van der Waals surface area contributed by atoms with E-state index in [0.29, 0.717) is 25.1 Å². The molecule has 3 aromatic rings. The summed E-state index contributed by atoms with van der Waals surface area (Å²) in [6.07, 6.45) is -3.29. The van der Waals surface area contributed by atoms with Gasteiger partial charge in [0, 0.05) is 29.6 Å². The highest BCUT2D eigenvalue weighted by molar-refractivity contribution is 7.11. The largest absolute Gasteiger partial charge is 0.465 e. The van der Waals surface area contributed by atoms with Crippen molar-refractivity contribution in [2.24, 2.45) is 0 Å². The Bertz CT molecular complexity index is 1000. The number of aromatic nitrogens is 1. The lowest BCUT2D eigenvalue weighted by Crippen LogP contribution is -2.25. The molecule has 1 aliphatic rings. The van der Waals surface area contributed by atoms with Crippen LogP contribution in [0.25, 0.3) is 11.1 Å². The number of hydrogen-bond acceptors (Lipinski definition) is 5. The Labute approximate surface area is 169 Å². The number of carbonyl (C=O) groups excluding carboxylic acids is 1. The highest BCUT2D eigenvalue weighted by Gasteiger charge is 2.35. The molecule has 0 saturated carbocycles. The Kier molecular flexibility index (Phi) is 5.27. The van der Waals surface area contributed by atoms with E-state index in [1.54, 1.807) is 0 Å². The SMILES string of the molecule is O=Cc1cc(-c2ccccc2)ccc1N1CCC(Oc2nc(C(F)(F)F)cs2)C1. The van der Waals surface area contributed by atoms with Gasteiger partial charge >= 0.3 is 6.18 Å². The van der Waals surface area contributed by atoms with Gasteiger partial charge in [-0.3, -0.25) is 4.79 Å². The predicted molar refractivity (Wildman–Crippen MR) is 106 cm³/mol. The lowest BCUT2D eigenvalue weighted by atomic mass is 10.0. The maximum atomic E-state index is 12.7. The molecule has 1 fully saturated rings. The molecule has 0 N–H and O–H groups in total. The monoisotopic (exact) mass is 418 g/mol. The Morgan fingerprint density at radius 3 is 2.62 bits per heavy atom. The minimum Gasteiger partial charge on any atom is -0.465 e. The number of thiazole rings is 1. The van der Waals surface area contributed by atoms with Crippen molar-refractivity contribution in [1.29, 1.82) is 0 Å². The number of nitrogens with zero attached hydrogens (tertiary/aromatic N) is 2. The molecule has 0 spiro atoms. The zero-order valence-electron chi connectivity index (χ0n) is 15.2. The van der Waals surface area contributed by atoms with E-state index in [1.807, 2.05) is 53.4 Å². The van der Waals surface area contributed by atoms with Gasteiger partial charge in [0.1, 0.15) is 6.10 Å². The molecule has 0 aliphatic carbocycles. The van der Waals surface area contributed by atoms with Crippen molar-refractivity contribution in [2.45, 2.75) is 18.7 Å². The Balaban J connectivity index is 1.47. The van der Waals surface area contributed by atoms with E-state index in [9.17, 15) is 18.0 Å². The number of halogens is 3. The highest BCUT2D eigenvalue weighted by Crippen LogP contribution is 2.34. The maximum absolute atomic E-state index is 12.7. The number of ether oxygens (including phenoxy) is 1. The minimum absolute atomic E-state index is 0.0132. The van der Waals surface area contributed by atoms with Gasteiger partial charge in [0.2, 0.25) is 0 Å². The zero-order chi connectivity index (χ0) is 20.4. The lowest BCUT2D eigenvalue weighted by Gasteiger charge is -2.21. The van der Waals surface area contributed by atoms with Crippen LogP contribution in [0.2, 0.25) is 0 Å². The second-order valence-electron chi connectivity index (χ2n) is 6.73. The van der Waals surface area contributed by atoms with Crippen molar-refractivity contribution in [2.75, 3.05) is 18.0 Å². The minimum atomic E-state index is -4.47. The molecule has 4 rings (SSSR count). The molecule has 29 heavy (non-hydrogen) atoms. The summed E-state index contributed by atoms with van der Waals surface area (Å²) in [5.74, 6) is 0. The van der Waals surface area contributed by atoms with E-state index in [1.165, 1.54) is 0 Å². The van der Waals surface area contributed by atoms with Gasteiger partial charge in [-0.25, -0.2) is 0 Å². The molecule has 1 unspecified atom stereocenters. The number of alkyl halides is 3.